The van der Waals surface area contributed by atoms with Crippen LogP contribution in [0.2, 0.25) is 0 Å². The van der Waals surface area contributed by atoms with E-state index in [-0.39, 0.29) is 6.10 Å². The molecule has 1 aliphatic rings. The fourth-order valence-corrected chi connectivity index (χ4v) is 2.15. The summed E-state index contributed by atoms with van der Waals surface area (Å²) in [5, 5.41) is 3.49. The maximum atomic E-state index is 5.62. The van der Waals surface area contributed by atoms with E-state index in [1.54, 1.807) is 0 Å². The topological polar surface area (TPSA) is 39.7 Å². The highest BCUT2D eigenvalue weighted by molar-refractivity contribution is 5.28. The summed E-state index contributed by atoms with van der Waals surface area (Å²) in [6.07, 6.45) is 1.20. The molecule has 0 saturated carbocycles. The van der Waals surface area contributed by atoms with Crippen LogP contribution < -0.4 is 10.1 Å². The van der Waals surface area contributed by atoms with Gasteiger partial charge in [0, 0.05) is 12.6 Å². The van der Waals surface area contributed by atoms with Gasteiger partial charge in [0.2, 0.25) is 0 Å². The zero-order chi connectivity index (χ0) is 14.2. The maximum Gasteiger partial charge on any atom is 0.119 e. The smallest absolute Gasteiger partial charge is 0.119 e. The Kier molecular flexibility index (Phi) is 6.30. The van der Waals surface area contributed by atoms with Crippen molar-refractivity contribution in [1.29, 1.82) is 0 Å². The Bertz CT molecular complexity index is 374. The molecule has 0 radical (unpaired) electrons. The molecule has 0 spiro atoms. The molecule has 1 aromatic carbocycles. The molecule has 20 heavy (non-hydrogen) atoms. The second-order valence-corrected chi connectivity index (χ2v) is 5.12. The first kappa shape index (κ1) is 15.3. The molecule has 2 unspecified atom stereocenters. The molecule has 0 aliphatic carbocycles. The van der Waals surface area contributed by atoms with Gasteiger partial charge in [0.05, 0.1) is 32.5 Å². The molecule has 0 aromatic heterocycles. The molecular formula is C16H25NO3. The minimum Gasteiger partial charge on any atom is -0.494 e. The summed E-state index contributed by atoms with van der Waals surface area (Å²) in [6.45, 7) is 7.95. The molecule has 0 amide bonds. The molecule has 2 atom stereocenters. The van der Waals surface area contributed by atoms with Gasteiger partial charge in [-0.2, -0.15) is 0 Å². The monoisotopic (exact) mass is 279 g/mol. The standard InChI is InChI=1S/C16H25NO3/c1-3-8-19-15-6-4-14(5-7-15)13(2)17-11-16-12-18-9-10-20-16/h4-7,13,16-17H,3,8-12H2,1-2H3. The molecular weight excluding hydrogens is 254 g/mol. The van der Waals surface area contributed by atoms with Crippen molar-refractivity contribution in [1.82, 2.24) is 5.32 Å². The van der Waals surface area contributed by atoms with Crippen molar-refractivity contribution in [2.75, 3.05) is 33.0 Å². The third-order valence-corrected chi connectivity index (χ3v) is 3.39. The highest BCUT2D eigenvalue weighted by atomic mass is 16.6. The van der Waals surface area contributed by atoms with Gasteiger partial charge in [-0.1, -0.05) is 19.1 Å². The Morgan fingerprint density at radius 3 is 2.75 bits per heavy atom. The summed E-state index contributed by atoms with van der Waals surface area (Å²) >= 11 is 0. The zero-order valence-corrected chi connectivity index (χ0v) is 12.4. The van der Waals surface area contributed by atoms with Crippen molar-refractivity contribution in [3.63, 3.8) is 0 Å². The fraction of sp³-hybridized carbons (Fsp3) is 0.625. The predicted molar refractivity (Wildman–Crippen MR) is 79.2 cm³/mol. The van der Waals surface area contributed by atoms with Crippen molar-refractivity contribution in [2.24, 2.45) is 0 Å². The minimum absolute atomic E-state index is 0.165. The van der Waals surface area contributed by atoms with Gasteiger partial charge in [-0.15, -0.1) is 0 Å². The van der Waals surface area contributed by atoms with E-state index >= 15 is 0 Å². The summed E-state index contributed by atoms with van der Waals surface area (Å²) in [7, 11) is 0. The van der Waals surface area contributed by atoms with Crippen LogP contribution in [0.1, 0.15) is 31.9 Å². The highest BCUT2D eigenvalue weighted by Crippen LogP contribution is 2.18. The Hall–Kier alpha value is -1.10. The number of nitrogens with one attached hydrogen (secondary N) is 1. The number of hydrogen-bond acceptors (Lipinski definition) is 4. The van der Waals surface area contributed by atoms with E-state index in [2.05, 4.69) is 31.3 Å². The summed E-state index contributed by atoms with van der Waals surface area (Å²) in [5.74, 6) is 0.937. The van der Waals surface area contributed by atoms with Crippen LogP contribution >= 0.6 is 0 Å². The first-order chi connectivity index (χ1) is 9.79. The van der Waals surface area contributed by atoms with Gasteiger partial charge in [-0.3, -0.25) is 0 Å². The lowest BCUT2D eigenvalue weighted by atomic mass is 10.1. The molecule has 0 bridgehead atoms. The largest absolute Gasteiger partial charge is 0.494 e. The van der Waals surface area contributed by atoms with Gasteiger partial charge in [-0.05, 0) is 31.0 Å². The van der Waals surface area contributed by atoms with E-state index in [0.717, 1.165) is 25.3 Å². The van der Waals surface area contributed by atoms with Gasteiger partial charge < -0.3 is 19.5 Å². The van der Waals surface area contributed by atoms with Crippen LogP contribution in [-0.4, -0.2) is 39.1 Å². The molecule has 4 nitrogen and oxygen atoms in total. The van der Waals surface area contributed by atoms with Crippen molar-refractivity contribution < 1.29 is 14.2 Å². The first-order valence-electron chi connectivity index (χ1n) is 7.45. The third-order valence-electron chi connectivity index (χ3n) is 3.39. The van der Waals surface area contributed by atoms with Crippen LogP contribution in [-0.2, 0) is 9.47 Å². The van der Waals surface area contributed by atoms with Crippen molar-refractivity contribution >= 4 is 0 Å². The van der Waals surface area contributed by atoms with Gasteiger partial charge in [-0.25, -0.2) is 0 Å². The third kappa shape index (κ3) is 4.78. The quantitative estimate of drug-likeness (QED) is 0.832. The molecule has 1 fully saturated rings. The fourth-order valence-electron chi connectivity index (χ4n) is 2.15. The Balaban J connectivity index is 1.77. The molecule has 1 aliphatic heterocycles. The Morgan fingerprint density at radius 1 is 1.30 bits per heavy atom. The lowest BCUT2D eigenvalue weighted by Gasteiger charge is -2.25. The normalized spacial score (nSPS) is 20.6. The lowest BCUT2D eigenvalue weighted by Crippen LogP contribution is -2.38. The number of hydrogen-bond donors (Lipinski definition) is 1. The van der Waals surface area contributed by atoms with Crippen LogP contribution in [0.4, 0.5) is 0 Å². The molecule has 4 heteroatoms. The lowest BCUT2D eigenvalue weighted by molar-refractivity contribution is -0.0869. The summed E-state index contributed by atoms with van der Waals surface area (Å²) in [6, 6.07) is 8.58. The molecule has 1 saturated heterocycles. The van der Waals surface area contributed by atoms with Crippen molar-refractivity contribution in [2.45, 2.75) is 32.4 Å². The van der Waals surface area contributed by atoms with Crippen LogP contribution in [0, 0.1) is 0 Å². The van der Waals surface area contributed by atoms with Gasteiger partial charge in [0.15, 0.2) is 0 Å². The summed E-state index contributed by atoms with van der Waals surface area (Å²) in [5.41, 5.74) is 1.26. The summed E-state index contributed by atoms with van der Waals surface area (Å²) < 4.78 is 16.6. The van der Waals surface area contributed by atoms with E-state index in [1.165, 1.54) is 5.56 Å². The number of benzene rings is 1. The Labute approximate surface area is 121 Å². The van der Waals surface area contributed by atoms with Crippen LogP contribution in [0.5, 0.6) is 5.75 Å². The highest BCUT2D eigenvalue weighted by Gasteiger charge is 2.15. The van der Waals surface area contributed by atoms with Gasteiger partial charge in [0.25, 0.3) is 0 Å². The number of ether oxygens (including phenoxy) is 3. The average molecular weight is 279 g/mol. The molecule has 2 rings (SSSR count). The van der Waals surface area contributed by atoms with Crippen molar-refractivity contribution in [3.8, 4) is 5.75 Å². The van der Waals surface area contributed by atoms with E-state index in [9.17, 15) is 0 Å². The second-order valence-electron chi connectivity index (χ2n) is 5.12. The summed E-state index contributed by atoms with van der Waals surface area (Å²) in [4.78, 5) is 0. The van der Waals surface area contributed by atoms with Crippen molar-refractivity contribution in [3.05, 3.63) is 29.8 Å². The molecule has 1 heterocycles. The average Bonchev–Trinajstić information content (AvgIpc) is 2.52. The van der Waals surface area contributed by atoms with Crippen LogP contribution in [0.25, 0.3) is 0 Å². The van der Waals surface area contributed by atoms with E-state index < -0.39 is 0 Å². The maximum absolute atomic E-state index is 5.62. The second kappa shape index (κ2) is 8.25. The van der Waals surface area contributed by atoms with E-state index in [4.69, 9.17) is 14.2 Å². The SMILES string of the molecule is CCCOc1ccc(C(C)NCC2COCCO2)cc1. The molecule has 1 N–H and O–H groups in total. The zero-order valence-electron chi connectivity index (χ0n) is 12.4. The van der Waals surface area contributed by atoms with Gasteiger partial charge in [0.1, 0.15) is 5.75 Å². The first-order valence-corrected chi connectivity index (χ1v) is 7.45. The number of rotatable bonds is 7. The molecule has 112 valence electrons. The van der Waals surface area contributed by atoms with E-state index in [1.807, 2.05) is 12.1 Å². The van der Waals surface area contributed by atoms with Crippen LogP contribution in [0.3, 0.4) is 0 Å². The Morgan fingerprint density at radius 2 is 2.10 bits per heavy atom. The minimum atomic E-state index is 0.165. The van der Waals surface area contributed by atoms with Gasteiger partial charge >= 0.3 is 0 Å². The molecule has 1 aromatic rings. The van der Waals surface area contributed by atoms with E-state index in [0.29, 0.717) is 25.9 Å². The van der Waals surface area contributed by atoms with Crippen LogP contribution in [0.15, 0.2) is 24.3 Å². The predicted octanol–water partition coefficient (Wildman–Crippen LogP) is 2.54.